The summed E-state index contributed by atoms with van der Waals surface area (Å²) in [6.07, 6.45) is 16.1. The van der Waals surface area contributed by atoms with E-state index in [9.17, 15) is 0 Å². The molecule has 318 valence electrons. The van der Waals surface area contributed by atoms with Crippen molar-refractivity contribution in [2.75, 3.05) is 42.3 Å². The monoisotopic (exact) mass is 1170 g/mol. The molecule has 0 aliphatic carbocycles. The Morgan fingerprint density at radius 2 is 0.702 bits per heavy atom. The number of rotatable bonds is 9. The maximum atomic E-state index is 9.03. The predicted octanol–water partition coefficient (Wildman–Crippen LogP) is 11.3. The van der Waals surface area contributed by atoms with Crippen LogP contribution in [0.4, 0.5) is 0 Å². The van der Waals surface area contributed by atoms with Gasteiger partial charge in [-0.25, -0.2) is 10.5 Å². The summed E-state index contributed by atoms with van der Waals surface area (Å²) in [7, 11) is -3.45. The van der Waals surface area contributed by atoms with Crippen LogP contribution >= 0.6 is 133 Å². The SMILES string of the molecule is C#C[Si]1(Cl)C[Si](Cl)(C#N)C[Si](Cl)(C#N)C1.CN=CC1[Si](Cl)(Cl)C(C=NC)[Si](Cl)(Cl)C(C=NC)[Si]1(Cl)Cl.CN=CC[Si]1(Cl)C[Si](Cl)(CC=NC)C[Si](Cl)(CC=NC)C1. The van der Waals surface area contributed by atoms with Crippen molar-refractivity contribution in [3.63, 3.8) is 0 Å². The van der Waals surface area contributed by atoms with Gasteiger partial charge in [-0.1, -0.05) is 0 Å². The average molecular weight is 1170 g/mol. The Bertz CT molecular complexity index is 1460. The molecule has 0 N–H and O–H groups in total. The van der Waals surface area contributed by atoms with Gasteiger partial charge in [0.25, 0.3) is 34.8 Å². The van der Waals surface area contributed by atoms with Gasteiger partial charge < -0.3 is 30.0 Å². The van der Waals surface area contributed by atoms with Crippen molar-refractivity contribution in [3.8, 4) is 23.4 Å². The lowest BCUT2D eigenvalue weighted by atomic mass is 10.8. The summed E-state index contributed by atoms with van der Waals surface area (Å²) in [5.41, 5.74) is 11.1. The Labute approximate surface area is 403 Å². The molecule has 0 aromatic rings. The van der Waals surface area contributed by atoms with Crippen LogP contribution in [0.5, 0.6) is 0 Å². The maximum Gasteiger partial charge on any atom is 0.267 e. The molecule has 3 aliphatic heterocycles. The van der Waals surface area contributed by atoms with Crippen molar-refractivity contribution in [3.05, 3.63) is 0 Å². The minimum Gasteiger partial charge on any atom is -0.301 e. The second-order valence-corrected chi connectivity index (χ2v) is 73.8. The van der Waals surface area contributed by atoms with Crippen LogP contribution in [-0.2, 0) is 0 Å². The van der Waals surface area contributed by atoms with Crippen molar-refractivity contribution < 1.29 is 0 Å². The Morgan fingerprint density at radius 3 is 0.895 bits per heavy atom. The van der Waals surface area contributed by atoms with Gasteiger partial charge >= 0.3 is 0 Å². The van der Waals surface area contributed by atoms with Gasteiger partial charge in [-0.15, -0.1) is 101 Å². The van der Waals surface area contributed by atoms with Crippen molar-refractivity contribution in [1.82, 2.24) is 0 Å². The highest BCUT2D eigenvalue weighted by Gasteiger charge is 2.73. The van der Waals surface area contributed by atoms with Gasteiger partial charge in [-0.2, -0.15) is 44.3 Å². The fraction of sp³-hybridized carbons (Fsp3) is 0.643. The first kappa shape index (κ1) is 57.0. The standard InChI is InChI=1S/C12H24Cl3N3Si3.C9H15Cl6N3Si3.C7H7Cl3N2Si3/c1-16-4-7-19(13)10-20(14,8-5-17-2)12-21(15,11-19)9-6-18-3;1-16-4-7-19(10,11)8(5-17-2)21(14,15)9(6-18-3)20(7,12)13;1-2-13(8)5-14(9,3-11)7-15(10,4-12)6-13/h4-6H,7-12H2,1-3H3;4-9H,1-3H3;1H,5-7H2. The lowest BCUT2D eigenvalue weighted by molar-refractivity contribution is 1.31. The summed E-state index contributed by atoms with van der Waals surface area (Å²) in [5.74, 6) is 0. The lowest BCUT2D eigenvalue weighted by Gasteiger charge is -2.50. The molecule has 3 fully saturated rings. The third-order valence-electron chi connectivity index (χ3n) is 9.54. The van der Waals surface area contributed by atoms with E-state index in [-0.39, 0.29) is 0 Å². The van der Waals surface area contributed by atoms with E-state index in [1.54, 1.807) is 60.9 Å². The van der Waals surface area contributed by atoms with E-state index in [1.807, 2.05) is 18.6 Å². The minimum atomic E-state index is -3.05. The highest BCUT2D eigenvalue weighted by molar-refractivity contribution is 7.71. The second-order valence-electron chi connectivity index (χ2n) is 14.4. The van der Waals surface area contributed by atoms with Crippen LogP contribution in [0.15, 0.2) is 30.0 Å². The van der Waals surface area contributed by atoms with Crippen molar-refractivity contribution in [2.24, 2.45) is 30.0 Å². The minimum absolute atomic E-state index is 0.374. The largest absolute Gasteiger partial charge is 0.301 e. The molecule has 57 heavy (non-hydrogen) atoms. The molecule has 0 amide bonds. The van der Waals surface area contributed by atoms with E-state index in [2.05, 4.69) is 46.9 Å². The Balaban J connectivity index is 0.000000434. The molecule has 2 unspecified atom stereocenters. The van der Waals surface area contributed by atoms with Crippen LogP contribution in [0.3, 0.4) is 0 Å². The molecule has 0 saturated carbocycles. The zero-order chi connectivity index (χ0) is 44.2. The summed E-state index contributed by atoms with van der Waals surface area (Å²) in [4.78, 5) is 24.4. The molecule has 0 bridgehead atoms. The maximum absolute atomic E-state index is 9.03. The van der Waals surface area contributed by atoms with Crippen LogP contribution < -0.4 is 0 Å². The molecule has 3 saturated heterocycles. The molecule has 29 heteroatoms. The van der Waals surface area contributed by atoms with Gasteiger partial charge in [0.15, 0.2) is 22.2 Å². The zero-order valence-corrected chi connectivity index (χ0v) is 50.3. The second kappa shape index (κ2) is 23.8. The van der Waals surface area contributed by atoms with Gasteiger partial charge in [-0.05, 0) is 70.8 Å². The van der Waals surface area contributed by atoms with Crippen LogP contribution in [0.1, 0.15) is 0 Å². The summed E-state index contributed by atoms with van der Waals surface area (Å²) in [6, 6.07) is 2.63. The number of nitrogens with zero attached hydrogens (tertiary/aromatic N) is 8. The fourth-order valence-electron chi connectivity index (χ4n) is 7.26. The number of hydrogen-bond acceptors (Lipinski definition) is 8. The summed E-state index contributed by atoms with van der Waals surface area (Å²) in [6.45, 7) is -9.16. The predicted molar refractivity (Wildman–Crippen MR) is 283 cm³/mol. The molecule has 0 aromatic heterocycles. The first-order chi connectivity index (χ1) is 26.2. The van der Waals surface area contributed by atoms with Gasteiger partial charge in [0, 0.05) is 87.8 Å². The zero-order valence-electron chi connectivity index (χ0n) is 32.3. The summed E-state index contributed by atoms with van der Waals surface area (Å²) >= 11 is 80.1. The van der Waals surface area contributed by atoms with Gasteiger partial charge in [0.2, 0.25) is 7.38 Å². The first-order valence-corrected chi connectivity index (χ1v) is 51.0. The lowest BCUT2D eigenvalue weighted by Crippen LogP contribution is -2.65. The quantitative estimate of drug-likeness (QED) is 0.0988. The number of halogens is 12. The summed E-state index contributed by atoms with van der Waals surface area (Å²) in [5, 5.41) is 16.8. The highest BCUT2D eigenvalue weighted by atomic mass is 35.7. The average Bonchev–Trinajstić information content (AvgIpc) is 3.11. The molecule has 2 atom stereocenters. The van der Waals surface area contributed by atoms with Crippen LogP contribution in [0, 0.1) is 33.9 Å². The Kier molecular flexibility index (Phi) is 23.8. The van der Waals surface area contributed by atoms with E-state index in [4.69, 9.17) is 150 Å². The fourth-order valence-corrected chi connectivity index (χ4v) is 120. The van der Waals surface area contributed by atoms with E-state index >= 15 is 0 Å². The third-order valence-corrected chi connectivity index (χ3v) is 88.0. The van der Waals surface area contributed by atoms with Gasteiger partial charge in [-0.3, -0.25) is 0 Å². The van der Waals surface area contributed by atoms with Gasteiger partial charge in [0.1, 0.15) is 0 Å². The van der Waals surface area contributed by atoms with Crippen molar-refractivity contribution in [2.45, 2.75) is 67.6 Å². The van der Waals surface area contributed by atoms with E-state index in [0.29, 0.717) is 17.0 Å². The normalized spacial score (nSPS) is 38.7. The molecule has 0 aromatic carbocycles. The number of terminal acetylenes is 1. The molecule has 3 heterocycles. The third kappa shape index (κ3) is 15.9. The van der Waals surface area contributed by atoms with Crippen LogP contribution in [0.2, 0.25) is 67.6 Å². The molecular weight excluding hydrogens is 1130 g/mol. The first-order valence-electron chi connectivity index (χ1n) is 17.2. The molecule has 0 spiro atoms. The Hall–Kier alpha value is 1.99. The Morgan fingerprint density at radius 1 is 0.456 bits per heavy atom. The molecule has 0 radical (unpaired) electrons. The van der Waals surface area contributed by atoms with Gasteiger partial charge in [0.05, 0.1) is 0 Å². The topological polar surface area (TPSA) is 122 Å². The van der Waals surface area contributed by atoms with Crippen LogP contribution in [-0.4, -0.2) is 144 Å². The van der Waals surface area contributed by atoms with E-state index in [0.717, 1.165) is 35.1 Å². The highest BCUT2D eigenvalue weighted by Crippen LogP contribution is 2.64. The molecular formula is C28H46Cl12N8Si9. The smallest absolute Gasteiger partial charge is 0.267 e. The number of hydrogen-bond donors (Lipinski definition) is 0. The molecule has 3 rings (SSSR count). The number of aliphatic imine (C=N–C) groups is 6. The van der Waals surface area contributed by atoms with E-state index < -0.39 is 79.9 Å². The van der Waals surface area contributed by atoms with Crippen molar-refractivity contribution in [1.29, 1.82) is 10.5 Å². The van der Waals surface area contributed by atoms with E-state index in [1.165, 1.54) is 0 Å². The summed E-state index contributed by atoms with van der Waals surface area (Å²) < 4.78 is 0. The molecule has 3 aliphatic rings. The van der Waals surface area contributed by atoms with Crippen LogP contribution in [0.25, 0.3) is 0 Å². The number of nitriles is 2. The molecule has 8 nitrogen and oxygen atoms in total. The van der Waals surface area contributed by atoms with Crippen molar-refractivity contribution >= 4 is 235 Å².